The number of hydrogen-bond acceptors (Lipinski definition) is 6. The number of carbonyl (C=O) groups is 3. The molecule has 7 nitrogen and oxygen atoms in total. The summed E-state index contributed by atoms with van der Waals surface area (Å²) in [5.41, 5.74) is 1.68. The Balaban J connectivity index is 1.37. The lowest BCUT2D eigenvalue weighted by Crippen LogP contribution is -2.76. The summed E-state index contributed by atoms with van der Waals surface area (Å²) in [7, 11) is 0. The van der Waals surface area contributed by atoms with Crippen LogP contribution < -0.4 is 5.32 Å². The van der Waals surface area contributed by atoms with Gasteiger partial charge in [0.15, 0.2) is 6.04 Å². The highest BCUT2D eigenvalue weighted by atomic mass is 32.2. The van der Waals surface area contributed by atoms with E-state index in [4.69, 9.17) is 4.74 Å². The molecule has 4 rings (SSSR count). The third-order valence-electron chi connectivity index (χ3n) is 5.17. The van der Waals surface area contributed by atoms with Crippen molar-refractivity contribution in [1.29, 1.82) is 0 Å². The van der Waals surface area contributed by atoms with Gasteiger partial charge >= 0.3 is 5.97 Å². The van der Waals surface area contributed by atoms with E-state index in [0.29, 0.717) is 0 Å². The maximum absolute atomic E-state index is 12.7. The summed E-state index contributed by atoms with van der Waals surface area (Å²) in [5, 5.41) is 12.7. The molecule has 2 heterocycles. The number of carbonyl (C=O) groups excluding carboxylic acids is 3. The smallest absolute Gasteiger partial charge is 0.331 e. The Kier molecular flexibility index (Phi) is 6.06. The van der Waals surface area contributed by atoms with Crippen LogP contribution in [0.2, 0.25) is 0 Å². The van der Waals surface area contributed by atoms with Crippen LogP contribution in [0.15, 0.2) is 60.7 Å². The number of benzene rings is 2. The van der Waals surface area contributed by atoms with Crippen LogP contribution in [0.4, 0.5) is 0 Å². The number of ether oxygens (including phenoxy) is 1. The lowest BCUT2D eigenvalue weighted by Gasteiger charge is -2.53. The van der Waals surface area contributed by atoms with Crippen molar-refractivity contribution >= 4 is 29.5 Å². The zero-order chi connectivity index (χ0) is 21.1. The molecule has 8 heteroatoms. The molecule has 2 aliphatic rings. The number of esters is 1. The number of thioether (sulfide) groups is 1. The fourth-order valence-corrected chi connectivity index (χ4v) is 5.00. The Morgan fingerprint density at radius 2 is 1.70 bits per heavy atom. The average Bonchev–Trinajstić information content (AvgIpc) is 2.77. The minimum atomic E-state index is -1.06. The molecule has 0 spiro atoms. The zero-order valence-electron chi connectivity index (χ0n) is 16.1. The van der Waals surface area contributed by atoms with Gasteiger partial charge in [-0.05, 0) is 11.1 Å². The van der Waals surface area contributed by atoms with E-state index in [1.165, 1.54) is 16.7 Å². The molecular weight excluding hydrogens is 404 g/mol. The Hall–Kier alpha value is -2.84. The standard InChI is InChI=1S/C22H22N2O5S/c25-16-13-30-21-18(23-17(26)11-14-7-3-1-4-8-14)20(27)24(21)19(16)22(28)29-12-15-9-5-2-6-10-15/h1-10,16,18-19,21,25H,11-13H2,(H,23,26)/t16?,18-,19-,21+/m1/s1. The van der Waals surface area contributed by atoms with E-state index in [-0.39, 0.29) is 30.6 Å². The number of nitrogens with one attached hydrogen (secondary N) is 1. The van der Waals surface area contributed by atoms with Gasteiger partial charge < -0.3 is 20.1 Å². The molecule has 0 aliphatic carbocycles. The van der Waals surface area contributed by atoms with Crippen LogP contribution in [0.1, 0.15) is 11.1 Å². The number of rotatable bonds is 6. The lowest BCUT2D eigenvalue weighted by molar-refractivity contribution is -0.172. The van der Waals surface area contributed by atoms with Crippen LogP contribution in [0.5, 0.6) is 0 Å². The van der Waals surface area contributed by atoms with Crippen LogP contribution in [-0.4, -0.2) is 57.1 Å². The molecule has 2 fully saturated rings. The van der Waals surface area contributed by atoms with E-state index in [9.17, 15) is 19.5 Å². The van der Waals surface area contributed by atoms with Gasteiger partial charge in [0.1, 0.15) is 18.0 Å². The first-order valence-electron chi connectivity index (χ1n) is 9.70. The minimum Gasteiger partial charge on any atom is -0.459 e. The Morgan fingerprint density at radius 3 is 2.37 bits per heavy atom. The summed E-state index contributed by atoms with van der Waals surface area (Å²) >= 11 is 1.35. The van der Waals surface area contributed by atoms with Gasteiger partial charge in [0.2, 0.25) is 11.8 Å². The largest absolute Gasteiger partial charge is 0.459 e. The van der Waals surface area contributed by atoms with Crippen LogP contribution >= 0.6 is 11.8 Å². The van der Waals surface area contributed by atoms with E-state index >= 15 is 0 Å². The maximum Gasteiger partial charge on any atom is 0.331 e. The highest BCUT2D eigenvalue weighted by molar-refractivity contribution is 8.00. The summed E-state index contributed by atoms with van der Waals surface area (Å²) in [5.74, 6) is -0.993. The van der Waals surface area contributed by atoms with Gasteiger partial charge in [0, 0.05) is 5.75 Å². The van der Waals surface area contributed by atoms with Gasteiger partial charge in [-0.3, -0.25) is 9.59 Å². The molecule has 156 valence electrons. The first-order chi connectivity index (χ1) is 14.5. The van der Waals surface area contributed by atoms with Crippen molar-refractivity contribution in [2.45, 2.75) is 36.6 Å². The van der Waals surface area contributed by atoms with Gasteiger partial charge in [0.25, 0.3) is 0 Å². The highest BCUT2D eigenvalue weighted by Gasteiger charge is 2.58. The van der Waals surface area contributed by atoms with Gasteiger partial charge in [-0.1, -0.05) is 60.7 Å². The minimum absolute atomic E-state index is 0.0694. The zero-order valence-corrected chi connectivity index (χ0v) is 17.0. The molecule has 1 unspecified atom stereocenters. The van der Waals surface area contributed by atoms with Gasteiger partial charge in [-0.25, -0.2) is 4.79 Å². The Morgan fingerprint density at radius 1 is 1.07 bits per heavy atom. The summed E-state index contributed by atoms with van der Waals surface area (Å²) in [4.78, 5) is 39.0. The maximum atomic E-state index is 12.7. The SMILES string of the molecule is O=C(Cc1ccccc1)N[C@@H]1C(=O)N2[C@@H](C(=O)OCc3ccccc3)C(O)CS[C@@H]12. The van der Waals surface area contributed by atoms with Crippen LogP contribution in [0.3, 0.4) is 0 Å². The van der Waals surface area contributed by atoms with Gasteiger partial charge in [-0.15, -0.1) is 11.8 Å². The predicted octanol–water partition coefficient (Wildman–Crippen LogP) is 1.10. The first-order valence-corrected chi connectivity index (χ1v) is 10.7. The highest BCUT2D eigenvalue weighted by Crippen LogP contribution is 2.38. The molecule has 2 aliphatic heterocycles. The molecule has 2 aromatic carbocycles. The van der Waals surface area contributed by atoms with Crippen LogP contribution in [0.25, 0.3) is 0 Å². The van der Waals surface area contributed by atoms with Crippen molar-refractivity contribution in [3.63, 3.8) is 0 Å². The number of aliphatic hydroxyl groups is 1. The summed E-state index contributed by atoms with van der Waals surface area (Å²) in [6.07, 6.45) is -0.841. The average molecular weight is 426 g/mol. The number of hydrogen-bond donors (Lipinski definition) is 2. The third-order valence-corrected chi connectivity index (χ3v) is 6.55. The molecule has 0 aromatic heterocycles. The molecule has 0 bridgehead atoms. The number of amides is 2. The van der Waals surface area contributed by atoms with Crippen molar-refractivity contribution in [3.8, 4) is 0 Å². The fraction of sp³-hybridized carbons (Fsp3) is 0.318. The number of β-lactam (4-membered cyclic amide) rings is 1. The third kappa shape index (κ3) is 4.20. The second-order valence-corrected chi connectivity index (χ2v) is 8.43. The lowest BCUT2D eigenvalue weighted by atomic mass is 9.99. The molecule has 2 N–H and O–H groups in total. The van der Waals surface area contributed by atoms with Crippen LogP contribution in [0, 0.1) is 0 Å². The van der Waals surface area contributed by atoms with Gasteiger partial charge in [0.05, 0.1) is 12.5 Å². The predicted molar refractivity (Wildman–Crippen MR) is 111 cm³/mol. The molecule has 0 saturated carbocycles. The van der Waals surface area contributed by atoms with Crippen molar-refractivity contribution < 1.29 is 24.2 Å². The van der Waals surface area contributed by atoms with E-state index in [1.807, 2.05) is 60.7 Å². The van der Waals surface area contributed by atoms with E-state index in [1.54, 1.807) is 0 Å². The van der Waals surface area contributed by atoms with Crippen LogP contribution in [-0.2, 0) is 32.1 Å². The second-order valence-electron chi connectivity index (χ2n) is 7.28. The van der Waals surface area contributed by atoms with E-state index in [0.717, 1.165) is 11.1 Å². The molecular formula is C22H22N2O5S. The molecule has 2 aromatic rings. The monoisotopic (exact) mass is 426 g/mol. The normalized spacial score (nSPS) is 25.1. The Labute approximate surface area is 178 Å². The summed E-state index contributed by atoms with van der Waals surface area (Å²) in [6.45, 7) is 0.0694. The fourth-order valence-electron chi connectivity index (χ4n) is 3.66. The summed E-state index contributed by atoms with van der Waals surface area (Å²) in [6, 6.07) is 16.7. The topological polar surface area (TPSA) is 95.9 Å². The summed E-state index contributed by atoms with van der Waals surface area (Å²) < 4.78 is 5.34. The second kappa shape index (κ2) is 8.89. The van der Waals surface area contributed by atoms with Crippen molar-refractivity contribution in [3.05, 3.63) is 71.8 Å². The van der Waals surface area contributed by atoms with E-state index in [2.05, 4.69) is 5.32 Å². The van der Waals surface area contributed by atoms with Crippen molar-refractivity contribution in [2.75, 3.05) is 5.75 Å². The molecule has 2 saturated heterocycles. The molecule has 2 amide bonds. The van der Waals surface area contributed by atoms with Gasteiger partial charge in [-0.2, -0.15) is 0 Å². The molecule has 30 heavy (non-hydrogen) atoms. The first kappa shape index (κ1) is 20.4. The quantitative estimate of drug-likeness (QED) is 0.531. The number of fused-ring (bicyclic) bond motifs is 1. The van der Waals surface area contributed by atoms with E-state index < -0.39 is 29.5 Å². The van der Waals surface area contributed by atoms with Crippen molar-refractivity contribution in [2.24, 2.45) is 0 Å². The molecule has 0 radical (unpaired) electrons. The number of nitrogens with zero attached hydrogens (tertiary/aromatic N) is 1. The number of aliphatic hydroxyl groups excluding tert-OH is 1. The molecule has 4 atom stereocenters. The van der Waals surface area contributed by atoms with Crippen molar-refractivity contribution in [1.82, 2.24) is 10.2 Å². The Bertz CT molecular complexity index is 924.